The molecule has 0 atom stereocenters. The molecule has 0 saturated heterocycles. The maximum Gasteiger partial charge on any atom is 0.0640 e. The first-order valence-corrected chi connectivity index (χ1v) is 5.37. The summed E-state index contributed by atoms with van der Waals surface area (Å²) in [5, 5.41) is 15.0. The topological polar surface area (TPSA) is 35.8 Å². The maximum atomic E-state index is 8.42. The molecule has 0 amide bonds. The van der Waals surface area contributed by atoms with E-state index in [1.165, 1.54) is 10.1 Å². The summed E-state index contributed by atoms with van der Waals surface area (Å²) in [5.41, 5.74) is 1.14. The lowest BCUT2D eigenvalue weighted by Gasteiger charge is -2.00. The van der Waals surface area contributed by atoms with E-state index >= 15 is 0 Å². The fraction of sp³-hybridized carbons (Fsp3) is 0.182. The van der Waals surface area contributed by atoms with E-state index in [2.05, 4.69) is 28.9 Å². The minimum absolute atomic E-state index is 0.546. The fourth-order valence-corrected chi connectivity index (χ4v) is 2.28. The van der Waals surface area contributed by atoms with Crippen LogP contribution in [0.25, 0.3) is 10.1 Å². The van der Waals surface area contributed by atoms with Crippen molar-refractivity contribution in [2.45, 2.75) is 6.42 Å². The Bertz CT molecular complexity index is 467. The van der Waals surface area contributed by atoms with Crippen LogP contribution in [0.1, 0.15) is 6.42 Å². The van der Waals surface area contributed by atoms with E-state index in [0.29, 0.717) is 6.42 Å². The SMILES string of the molecule is N#CCCNc1csc2ccccc12. The second kappa shape index (κ2) is 4.12. The molecule has 0 spiro atoms. The third kappa shape index (κ3) is 1.70. The maximum absolute atomic E-state index is 8.42. The van der Waals surface area contributed by atoms with Gasteiger partial charge < -0.3 is 5.32 Å². The van der Waals surface area contributed by atoms with Crippen molar-refractivity contribution >= 4 is 27.1 Å². The third-order valence-electron chi connectivity index (χ3n) is 2.03. The summed E-state index contributed by atoms with van der Waals surface area (Å²) in [5.74, 6) is 0. The molecule has 0 fully saturated rings. The van der Waals surface area contributed by atoms with Gasteiger partial charge in [-0.15, -0.1) is 11.3 Å². The molecule has 0 radical (unpaired) electrons. The van der Waals surface area contributed by atoms with Gasteiger partial charge in [0.15, 0.2) is 0 Å². The molecule has 0 bridgehead atoms. The molecule has 3 heteroatoms. The smallest absolute Gasteiger partial charge is 0.0640 e. The van der Waals surface area contributed by atoms with E-state index in [-0.39, 0.29) is 0 Å². The molecule has 2 aromatic rings. The Morgan fingerprint density at radius 3 is 3.07 bits per heavy atom. The lowest BCUT2D eigenvalue weighted by Crippen LogP contribution is -1.98. The number of nitriles is 1. The zero-order valence-corrected chi connectivity index (χ0v) is 8.47. The molecular formula is C11H10N2S. The molecule has 70 valence electrons. The van der Waals surface area contributed by atoms with Gasteiger partial charge in [-0.05, 0) is 6.07 Å². The number of thiophene rings is 1. The Hall–Kier alpha value is -1.53. The lowest BCUT2D eigenvalue weighted by atomic mass is 10.2. The average molecular weight is 202 g/mol. The second-order valence-electron chi connectivity index (χ2n) is 2.98. The zero-order chi connectivity index (χ0) is 9.80. The molecule has 1 aromatic heterocycles. The number of anilines is 1. The monoisotopic (exact) mass is 202 g/mol. The molecule has 1 heterocycles. The van der Waals surface area contributed by atoms with E-state index in [9.17, 15) is 0 Å². The highest BCUT2D eigenvalue weighted by Gasteiger charge is 2.00. The van der Waals surface area contributed by atoms with E-state index < -0.39 is 0 Å². The minimum atomic E-state index is 0.546. The van der Waals surface area contributed by atoms with Gasteiger partial charge in [0.2, 0.25) is 0 Å². The molecular weight excluding hydrogens is 192 g/mol. The number of nitrogens with one attached hydrogen (secondary N) is 1. The molecule has 1 aromatic carbocycles. The predicted octanol–water partition coefficient (Wildman–Crippen LogP) is 3.23. The largest absolute Gasteiger partial charge is 0.383 e. The fourth-order valence-electron chi connectivity index (χ4n) is 1.37. The summed E-state index contributed by atoms with van der Waals surface area (Å²) >= 11 is 1.73. The third-order valence-corrected chi connectivity index (χ3v) is 3.00. The molecule has 1 N–H and O–H groups in total. The van der Waals surface area contributed by atoms with E-state index in [1.54, 1.807) is 11.3 Å². The zero-order valence-electron chi connectivity index (χ0n) is 7.66. The first-order valence-electron chi connectivity index (χ1n) is 4.49. The first kappa shape index (κ1) is 9.04. The van der Waals surface area contributed by atoms with Gasteiger partial charge in [-0.25, -0.2) is 0 Å². The van der Waals surface area contributed by atoms with Gasteiger partial charge in [-0.1, -0.05) is 18.2 Å². The Morgan fingerprint density at radius 1 is 1.36 bits per heavy atom. The van der Waals surface area contributed by atoms with Crippen molar-refractivity contribution in [3.63, 3.8) is 0 Å². The molecule has 14 heavy (non-hydrogen) atoms. The van der Waals surface area contributed by atoms with Crippen LogP contribution in [0.4, 0.5) is 5.69 Å². The highest BCUT2D eigenvalue weighted by atomic mass is 32.1. The number of fused-ring (bicyclic) bond motifs is 1. The standard InChI is InChI=1S/C11H10N2S/c12-6-3-7-13-10-8-14-11-5-2-1-4-9(10)11/h1-2,4-5,8,13H,3,7H2. The summed E-state index contributed by atoms with van der Waals surface area (Å²) in [6.45, 7) is 0.719. The van der Waals surface area contributed by atoms with Crippen LogP contribution in [0.2, 0.25) is 0 Å². The van der Waals surface area contributed by atoms with Crippen molar-refractivity contribution in [2.75, 3.05) is 11.9 Å². The van der Waals surface area contributed by atoms with Crippen LogP contribution in [0.3, 0.4) is 0 Å². The van der Waals surface area contributed by atoms with Gasteiger partial charge in [0, 0.05) is 22.0 Å². The summed E-state index contributed by atoms with van der Waals surface area (Å²) < 4.78 is 1.28. The van der Waals surface area contributed by atoms with Crippen molar-refractivity contribution in [1.82, 2.24) is 0 Å². The molecule has 0 aliphatic rings. The van der Waals surface area contributed by atoms with Gasteiger partial charge in [-0.3, -0.25) is 0 Å². The van der Waals surface area contributed by atoms with Crippen LogP contribution < -0.4 is 5.32 Å². The van der Waals surface area contributed by atoms with E-state index in [0.717, 1.165) is 12.2 Å². The summed E-state index contributed by atoms with van der Waals surface area (Å²) in [7, 11) is 0. The quantitative estimate of drug-likeness (QED) is 0.776. The molecule has 0 saturated carbocycles. The van der Waals surface area contributed by atoms with Crippen molar-refractivity contribution in [3.05, 3.63) is 29.6 Å². The van der Waals surface area contributed by atoms with Crippen LogP contribution in [0, 0.1) is 11.3 Å². The Labute approximate surface area is 86.8 Å². The van der Waals surface area contributed by atoms with Crippen molar-refractivity contribution in [1.29, 1.82) is 5.26 Å². The van der Waals surface area contributed by atoms with Gasteiger partial charge in [-0.2, -0.15) is 5.26 Å². The van der Waals surface area contributed by atoms with Gasteiger partial charge in [0.05, 0.1) is 18.2 Å². The van der Waals surface area contributed by atoms with Crippen LogP contribution >= 0.6 is 11.3 Å². The number of hydrogen-bond donors (Lipinski definition) is 1. The summed E-state index contributed by atoms with van der Waals surface area (Å²) in [4.78, 5) is 0. The Morgan fingerprint density at radius 2 is 2.21 bits per heavy atom. The highest BCUT2D eigenvalue weighted by molar-refractivity contribution is 7.17. The summed E-state index contributed by atoms with van der Waals surface area (Å²) in [6.07, 6.45) is 0.546. The number of rotatable bonds is 3. The van der Waals surface area contributed by atoms with Crippen molar-refractivity contribution in [2.24, 2.45) is 0 Å². The highest BCUT2D eigenvalue weighted by Crippen LogP contribution is 2.29. The average Bonchev–Trinajstić information content (AvgIpc) is 2.63. The van der Waals surface area contributed by atoms with Gasteiger partial charge >= 0.3 is 0 Å². The molecule has 2 rings (SSSR count). The molecule has 2 nitrogen and oxygen atoms in total. The van der Waals surface area contributed by atoms with Crippen LogP contribution in [0.15, 0.2) is 29.6 Å². The first-order chi connectivity index (χ1) is 6.92. The number of nitrogens with zero attached hydrogens (tertiary/aromatic N) is 1. The van der Waals surface area contributed by atoms with Crippen LogP contribution in [-0.4, -0.2) is 6.54 Å². The van der Waals surface area contributed by atoms with E-state index in [1.807, 2.05) is 12.1 Å². The van der Waals surface area contributed by atoms with Gasteiger partial charge in [0.1, 0.15) is 0 Å². The lowest BCUT2D eigenvalue weighted by molar-refractivity contribution is 1.08. The number of hydrogen-bond acceptors (Lipinski definition) is 3. The Kier molecular flexibility index (Phi) is 2.66. The normalized spacial score (nSPS) is 9.93. The van der Waals surface area contributed by atoms with Crippen molar-refractivity contribution in [3.8, 4) is 6.07 Å². The van der Waals surface area contributed by atoms with Crippen LogP contribution in [0.5, 0.6) is 0 Å². The minimum Gasteiger partial charge on any atom is -0.383 e. The Balaban J connectivity index is 2.22. The van der Waals surface area contributed by atoms with Crippen LogP contribution in [-0.2, 0) is 0 Å². The van der Waals surface area contributed by atoms with Crippen molar-refractivity contribution < 1.29 is 0 Å². The molecule has 0 unspecified atom stereocenters. The second-order valence-corrected chi connectivity index (χ2v) is 3.89. The molecule has 0 aliphatic heterocycles. The summed E-state index contributed by atoms with van der Waals surface area (Å²) in [6, 6.07) is 10.4. The number of benzene rings is 1. The molecule has 0 aliphatic carbocycles. The van der Waals surface area contributed by atoms with Gasteiger partial charge in [0.25, 0.3) is 0 Å². The van der Waals surface area contributed by atoms with E-state index in [4.69, 9.17) is 5.26 Å². The predicted molar refractivity (Wildman–Crippen MR) is 60.5 cm³/mol.